The summed E-state index contributed by atoms with van der Waals surface area (Å²) in [6.45, 7) is 10.8. The highest BCUT2D eigenvalue weighted by atomic mass is 35.5. The Kier molecular flexibility index (Phi) is 5.24. The fourth-order valence-corrected chi connectivity index (χ4v) is 3.19. The van der Waals surface area contributed by atoms with E-state index in [1.54, 1.807) is 0 Å². The lowest BCUT2D eigenvalue weighted by molar-refractivity contribution is 0.0324. The first kappa shape index (κ1) is 15.5. The van der Waals surface area contributed by atoms with E-state index in [4.69, 9.17) is 16.3 Å². The molecule has 1 aliphatic heterocycles. The molecule has 2 rings (SSSR count). The third-order valence-corrected chi connectivity index (χ3v) is 4.22. The summed E-state index contributed by atoms with van der Waals surface area (Å²) in [7, 11) is 0. The van der Waals surface area contributed by atoms with Gasteiger partial charge in [-0.05, 0) is 26.8 Å². The Labute approximate surface area is 125 Å². The number of morpholine rings is 1. The number of ether oxygens (including phenoxy) is 1. The smallest absolute Gasteiger partial charge is 0.179 e. The van der Waals surface area contributed by atoms with Gasteiger partial charge in [-0.1, -0.05) is 0 Å². The van der Waals surface area contributed by atoms with Gasteiger partial charge >= 0.3 is 0 Å². The Morgan fingerprint density at radius 1 is 1.40 bits per heavy atom. The number of hydrogen-bond donors (Lipinski definition) is 0. The molecule has 1 unspecified atom stereocenters. The summed E-state index contributed by atoms with van der Waals surface area (Å²) in [5.74, 6) is 0.0480. The number of carbonyl (C=O) groups excluding carboxylic acids is 1. The molecule has 112 valence electrons. The van der Waals surface area contributed by atoms with E-state index in [0.29, 0.717) is 6.04 Å². The van der Waals surface area contributed by atoms with Gasteiger partial charge in [0.05, 0.1) is 19.1 Å². The molecule has 0 aromatic carbocycles. The molecule has 4 nitrogen and oxygen atoms in total. The van der Waals surface area contributed by atoms with E-state index in [1.165, 1.54) is 0 Å². The molecule has 1 aromatic rings. The third kappa shape index (κ3) is 3.25. The average molecular weight is 299 g/mol. The van der Waals surface area contributed by atoms with Gasteiger partial charge in [-0.15, -0.1) is 11.6 Å². The number of hydrogen-bond acceptors (Lipinski definition) is 3. The fourth-order valence-electron chi connectivity index (χ4n) is 3.05. The predicted molar refractivity (Wildman–Crippen MR) is 80.9 cm³/mol. The van der Waals surface area contributed by atoms with Crippen LogP contribution >= 0.6 is 11.6 Å². The molecule has 20 heavy (non-hydrogen) atoms. The number of aryl methyl sites for hydroxylation is 1. The van der Waals surface area contributed by atoms with Crippen molar-refractivity contribution in [2.45, 2.75) is 26.8 Å². The first-order valence-corrected chi connectivity index (χ1v) is 7.65. The molecule has 1 aliphatic rings. The first-order valence-electron chi connectivity index (χ1n) is 7.12. The van der Waals surface area contributed by atoms with Gasteiger partial charge in [-0.25, -0.2) is 0 Å². The Bertz CT molecular complexity index is 478. The molecule has 0 bridgehead atoms. The summed E-state index contributed by atoms with van der Waals surface area (Å²) in [6.07, 6.45) is 0. The Morgan fingerprint density at radius 2 is 2.05 bits per heavy atom. The zero-order chi connectivity index (χ0) is 14.7. The van der Waals surface area contributed by atoms with Crippen LogP contribution in [-0.2, 0) is 4.74 Å². The van der Waals surface area contributed by atoms with Crippen LogP contribution in [0, 0.1) is 13.8 Å². The van der Waals surface area contributed by atoms with Gasteiger partial charge in [0.2, 0.25) is 0 Å². The van der Waals surface area contributed by atoms with Crippen LogP contribution < -0.4 is 0 Å². The van der Waals surface area contributed by atoms with Crippen LogP contribution in [0.2, 0.25) is 0 Å². The maximum absolute atomic E-state index is 11.8. The number of carbonyl (C=O) groups is 1. The van der Waals surface area contributed by atoms with Crippen molar-refractivity contribution in [3.05, 3.63) is 23.0 Å². The summed E-state index contributed by atoms with van der Waals surface area (Å²) < 4.78 is 7.62. The van der Waals surface area contributed by atoms with Crippen molar-refractivity contribution in [3.8, 4) is 0 Å². The van der Waals surface area contributed by atoms with Gasteiger partial charge in [0.1, 0.15) is 0 Å². The topological polar surface area (TPSA) is 34.5 Å². The highest BCUT2D eigenvalue weighted by molar-refractivity contribution is 6.30. The normalized spacial score (nSPS) is 18.2. The molecule has 1 atom stereocenters. The van der Waals surface area contributed by atoms with Gasteiger partial charge in [0.25, 0.3) is 0 Å². The molecule has 1 saturated heterocycles. The summed E-state index contributed by atoms with van der Waals surface area (Å²) in [5.41, 5.74) is 2.90. The van der Waals surface area contributed by atoms with E-state index in [-0.39, 0.29) is 11.7 Å². The van der Waals surface area contributed by atoms with Crippen molar-refractivity contribution in [1.29, 1.82) is 0 Å². The van der Waals surface area contributed by atoms with Crippen LogP contribution in [0.3, 0.4) is 0 Å². The molecule has 0 aliphatic carbocycles. The average Bonchev–Trinajstić information content (AvgIpc) is 2.74. The molecule has 1 fully saturated rings. The predicted octanol–water partition coefficient (Wildman–Crippen LogP) is 2.42. The lowest BCUT2D eigenvalue weighted by atomic mass is 10.2. The highest BCUT2D eigenvalue weighted by Crippen LogP contribution is 2.22. The lowest BCUT2D eigenvalue weighted by Gasteiger charge is -2.30. The van der Waals surface area contributed by atoms with E-state index in [1.807, 2.05) is 19.9 Å². The van der Waals surface area contributed by atoms with E-state index in [0.717, 1.165) is 49.8 Å². The maximum atomic E-state index is 11.8. The van der Waals surface area contributed by atoms with Gasteiger partial charge < -0.3 is 9.30 Å². The van der Waals surface area contributed by atoms with E-state index >= 15 is 0 Å². The minimum Gasteiger partial charge on any atom is -0.379 e. The van der Waals surface area contributed by atoms with Crippen molar-refractivity contribution in [3.63, 3.8) is 0 Å². The second kappa shape index (κ2) is 6.74. The zero-order valence-corrected chi connectivity index (χ0v) is 13.2. The number of rotatable bonds is 5. The van der Waals surface area contributed by atoms with Crippen LogP contribution in [0.25, 0.3) is 0 Å². The maximum Gasteiger partial charge on any atom is 0.179 e. The number of Topliss-reactive ketones (excluding diaryl/α,β-unsaturated/α-hetero) is 1. The first-order chi connectivity index (χ1) is 9.54. The number of halogens is 1. The molecule has 0 radical (unpaired) electrons. The summed E-state index contributed by atoms with van der Waals surface area (Å²) in [5, 5.41) is 0. The Balaban J connectivity index is 2.14. The quantitative estimate of drug-likeness (QED) is 0.618. The number of nitrogens with zero attached hydrogens (tertiary/aromatic N) is 2. The molecule has 2 heterocycles. The number of aromatic nitrogens is 1. The van der Waals surface area contributed by atoms with Crippen molar-refractivity contribution in [2.24, 2.45) is 0 Å². The van der Waals surface area contributed by atoms with Crippen LogP contribution in [0.4, 0.5) is 0 Å². The van der Waals surface area contributed by atoms with E-state index in [9.17, 15) is 4.79 Å². The fraction of sp³-hybridized carbons (Fsp3) is 0.667. The standard InChI is InChI=1S/C15H23ClN2O2/c1-11-8-14(15(19)9-16)13(3)18(11)12(2)10-17-4-6-20-7-5-17/h8,12H,4-7,9-10H2,1-3H3. The van der Waals surface area contributed by atoms with E-state index in [2.05, 4.69) is 16.4 Å². The summed E-state index contributed by atoms with van der Waals surface area (Å²) in [6, 6.07) is 2.29. The molecule has 5 heteroatoms. The molecule has 0 saturated carbocycles. The molecule has 0 amide bonds. The van der Waals surface area contributed by atoms with Crippen molar-refractivity contribution in [2.75, 3.05) is 38.7 Å². The van der Waals surface area contributed by atoms with Crippen LogP contribution in [-0.4, -0.2) is 54.0 Å². The summed E-state index contributed by atoms with van der Waals surface area (Å²) in [4.78, 5) is 14.3. The Morgan fingerprint density at radius 3 is 2.65 bits per heavy atom. The summed E-state index contributed by atoms with van der Waals surface area (Å²) >= 11 is 5.67. The van der Waals surface area contributed by atoms with Gasteiger partial charge in [0.15, 0.2) is 5.78 Å². The van der Waals surface area contributed by atoms with Gasteiger partial charge in [0, 0.05) is 42.6 Å². The van der Waals surface area contributed by atoms with Crippen molar-refractivity contribution < 1.29 is 9.53 Å². The molecular formula is C15H23ClN2O2. The molecule has 0 N–H and O–H groups in total. The zero-order valence-electron chi connectivity index (χ0n) is 12.5. The van der Waals surface area contributed by atoms with Crippen molar-refractivity contribution >= 4 is 17.4 Å². The largest absolute Gasteiger partial charge is 0.379 e. The van der Waals surface area contributed by atoms with Gasteiger partial charge in [-0.2, -0.15) is 0 Å². The number of alkyl halides is 1. The van der Waals surface area contributed by atoms with Gasteiger partial charge in [-0.3, -0.25) is 9.69 Å². The minimum absolute atomic E-state index is 0.00425. The SMILES string of the molecule is Cc1cc(C(=O)CCl)c(C)n1C(C)CN1CCOCC1. The lowest BCUT2D eigenvalue weighted by Crippen LogP contribution is -2.39. The third-order valence-electron chi connectivity index (χ3n) is 3.97. The van der Waals surface area contributed by atoms with Crippen molar-refractivity contribution in [1.82, 2.24) is 9.47 Å². The van der Waals surface area contributed by atoms with E-state index < -0.39 is 0 Å². The Hall–Kier alpha value is -0.840. The monoisotopic (exact) mass is 298 g/mol. The molecule has 0 spiro atoms. The molecule has 1 aromatic heterocycles. The molecular weight excluding hydrogens is 276 g/mol. The second-order valence-corrected chi connectivity index (χ2v) is 5.74. The van der Waals surface area contributed by atoms with Crippen LogP contribution in [0.15, 0.2) is 6.07 Å². The highest BCUT2D eigenvalue weighted by Gasteiger charge is 2.20. The van der Waals surface area contributed by atoms with Crippen LogP contribution in [0.5, 0.6) is 0 Å². The minimum atomic E-state index is 0.00425. The second-order valence-electron chi connectivity index (χ2n) is 5.47. The number of ketones is 1. The van der Waals surface area contributed by atoms with Crippen LogP contribution in [0.1, 0.15) is 34.7 Å².